The molecule has 2 nitrogen and oxygen atoms in total. The first-order valence-corrected chi connectivity index (χ1v) is 8.20. The van der Waals surface area contributed by atoms with Crippen molar-refractivity contribution in [2.24, 2.45) is 0 Å². The van der Waals surface area contributed by atoms with E-state index in [-0.39, 0.29) is 18.0 Å². The summed E-state index contributed by atoms with van der Waals surface area (Å²) >= 11 is 3.41. The monoisotopic (exact) mass is 345 g/mol. The maximum atomic E-state index is 13.9. The molecule has 4 heteroatoms. The highest BCUT2D eigenvalue weighted by Gasteiger charge is 2.21. The van der Waals surface area contributed by atoms with Crippen molar-refractivity contribution in [2.45, 2.75) is 52.2 Å². The lowest BCUT2D eigenvalue weighted by Gasteiger charge is -2.27. The third-order valence-electron chi connectivity index (χ3n) is 3.34. The molecule has 0 aliphatic rings. The highest BCUT2D eigenvalue weighted by Crippen LogP contribution is 2.19. The molecule has 0 amide bonds. The molecule has 0 radical (unpaired) electrons. The van der Waals surface area contributed by atoms with Gasteiger partial charge >= 0.3 is 0 Å². The van der Waals surface area contributed by atoms with Crippen LogP contribution in [0.4, 0.5) is 4.39 Å². The Morgan fingerprint density at radius 2 is 2.05 bits per heavy atom. The molecule has 20 heavy (non-hydrogen) atoms. The van der Waals surface area contributed by atoms with E-state index in [1.165, 1.54) is 6.07 Å². The molecule has 0 saturated heterocycles. The summed E-state index contributed by atoms with van der Waals surface area (Å²) in [7, 11) is 0. The minimum Gasteiger partial charge on any atom is -0.377 e. The molecule has 1 rings (SSSR count). The van der Waals surface area contributed by atoms with E-state index in [2.05, 4.69) is 35.1 Å². The van der Waals surface area contributed by atoms with Gasteiger partial charge in [0.25, 0.3) is 0 Å². The average molecular weight is 346 g/mol. The van der Waals surface area contributed by atoms with Crippen LogP contribution in [0, 0.1) is 5.82 Å². The van der Waals surface area contributed by atoms with E-state index in [9.17, 15) is 4.39 Å². The van der Waals surface area contributed by atoms with Gasteiger partial charge in [-0.1, -0.05) is 29.8 Å². The van der Waals surface area contributed by atoms with E-state index in [4.69, 9.17) is 4.74 Å². The maximum Gasteiger partial charge on any atom is 0.126 e. The van der Waals surface area contributed by atoms with Crippen molar-refractivity contribution in [3.05, 3.63) is 34.1 Å². The van der Waals surface area contributed by atoms with Crippen molar-refractivity contribution in [1.29, 1.82) is 0 Å². The minimum atomic E-state index is -0.150. The number of rotatable bonds is 9. The first-order valence-electron chi connectivity index (χ1n) is 7.41. The molecule has 0 heterocycles. The van der Waals surface area contributed by atoms with Crippen molar-refractivity contribution in [3.63, 3.8) is 0 Å². The van der Waals surface area contributed by atoms with Gasteiger partial charge in [0.15, 0.2) is 0 Å². The maximum absolute atomic E-state index is 13.9. The van der Waals surface area contributed by atoms with Crippen LogP contribution in [-0.4, -0.2) is 25.3 Å². The molecule has 1 N–H and O–H groups in total. The molecule has 2 atom stereocenters. The SMILES string of the molecule is CCCNC(Cc1cc(Br)ccc1F)C(CC)OCC. The smallest absolute Gasteiger partial charge is 0.126 e. The summed E-state index contributed by atoms with van der Waals surface area (Å²) in [6.45, 7) is 7.84. The largest absolute Gasteiger partial charge is 0.377 e. The summed E-state index contributed by atoms with van der Waals surface area (Å²) in [6.07, 6.45) is 2.74. The molecule has 0 bridgehead atoms. The van der Waals surface area contributed by atoms with Crippen LogP contribution >= 0.6 is 15.9 Å². The van der Waals surface area contributed by atoms with E-state index in [0.29, 0.717) is 13.0 Å². The van der Waals surface area contributed by atoms with Gasteiger partial charge in [0.1, 0.15) is 5.82 Å². The summed E-state index contributed by atoms with van der Waals surface area (Å²) in [5.41, 5.74) is 0.728. The number of halogens is 2. The van der Waals surface area contributed by atoms with Gasteiger partial charge in [-0.15, -0.1) is 0 Å². The molecular weight excluding hydrogens is 321 g/mol. The van der Waals surface area contributed by atoms with Gasteiger partial charge < -0.3 is 10.1 Å². The lowest BCUT2D eigenvalue weighted by atomic mass is 9.99. The zero-order valence-corrected chi connectivity index (χ0v) is 14.2. The Kier molecular flexibility index (Phi) is 8.34. The van der Waals surface area contributed by atoms with Gasteiger partial charge in [-0.25, -0.2) is 4.39 Å². The van der Waals surface area contributed by atoms with Crippen LogP contribution in [0.3, 0.4) is 0 Å². The van der Waals surface area contributed by atoms with Crippen molar-refractivity contribution in [1.82, 2.24) is 5.32 Å². The Hall–Kier alpha value is -0.450. The van der Waals surface area contributed by atoms with Crippen molar-refractivity contribution in [3.8, 4) is 0 Å². The number of hydrogen-bond donors (Lipinski definition) is 1. The van der Waals surface area contributed by atoms with E-state index in [0.717, 1.165) is 29.4 Å². The molecule has 1 aromatic carbocycles. The van der Waals surface area contributed by atoms with Gasteiger partial charge in [-0.3, -0.25) is 0 Å². The quantitative estimate of drug-likeness (QED) is 0.719. The second kappa shape index (κ2) is 9.48. The highest BCUT2D eigenvalue weighted by atomic mass is 79.9. The van der Waals surface area contributed by atoms with Crippen LogP contribution in [0.1, 0.15) is 39.2 Å². The molecule has 1 aromatic rings. The van der Waals surface area contributed by atoms with Gasteiger partial charge in [0, 0.05) is 17.1 Å². The summed E-state index contributed by atoms with van der Waals surface area (Å²) in [6, 6.07) is 5.24. The molecule has 0 aliphatic carbocycles. The van der Waals surface area contributed by atoms with Crippen LogP contribution in [0.15, 0.2) is 22.7 Å². The van der Waals surface area contributed by atoms with Crippen LogP contribution < -0.4 is 5.32 Å². The summed E-state index contributed by atoms with van der Waals surface area (Å²) < 4.78 is 20.6. The Morgan fingerprint density at radius 3 is 2.65 bits per heavy atom. The van der Waals surface area contributed by atoms with Gasteiger partial charge in [0.2, 0.25) is 0 Å². The van der Waals surface area contributed by atoms with E-state index < -0.39 is 0 Å². The second-order valence-electron chi connectivity index (χ2n) is 4.90. The molecule has 2 unspecified atom stereocenters. The molecular formula is C16H25BrFNO. The third-order valence-corrected chi connectivity index (χ3v) is 3.83. The van der Waals surface area contributed by atoms with Crippen LogP contribution in [-0.2, 0) is 11.2 Å². The fraction of sp³-hybridized carbons (Fsp3) is 0.625. The van der Waals surface area contributed by atoms with Gasteiger partial charge in [-0.05, 0) is 56.5 Å². The zero-order chi connectivity index (χ0) is 15.0. The predicted octanol–water partition coefficient (Wildman–Crippen LogP) is 4.31. The van der Waals surface area contributed by atoms with E-state index in [1.807, 2.05) is 13.0 Å². The lowest BCUT2D eigenvalue weighted by molar-refractivity contribution is 0.0318. The zero-order valence-electron chi connectivity index (χ0n) is 12.6. The fourth-order valence-corrected chi connectivity index (χ4v) is 2.74. The normalized spacial score (nSPS) is 14.2. The topological polar surface area (TPSA) is 21.3 Å². The van der Waals surface area contributed by atoms with Crippen LogP contribution in [0.5, 0.6) is 0 Å². The summed E-state index contributed by atoms with van der Waals surface area (Å²) in [5.74, 6) is -0.150. The fourth-order valence-electron chi connectivity index (χ4n) is 2.33. The summed E-state index contributed by atoms with van der Waals surface area (Å²) in [4.78, 5) is 0. The number of benzene rings is 1. The van der Waals surface area contributed by atoms with Crippen LogP contribution in [0.25, 0.3) is 0 Å². The third kappa shape index (κ3) is 5.51. The number of nitrogens with one attached hydrogen (secondary N) is 1. The lowest BCUT2D eigenvalue weighted by Crippen LogP contribution is -2.43. The molecule has 114 valence electrons. The Bertz CT molecular complexity index is 400. The number of hydrogen-bond acceptors (Lipinski definition) is 2. The average Bonchev–Trinajstić information content (AvgIpc) is 2.44. The van der Waals surface area contributed by atoms with Crippen LogP contribution in [0.2, 0.25) is 0 Å². The standard InChI is InChI=1S/C16H25BrFNO/c1-4-9-19-15(16(5-2)20-6-3)11-12-10-13(17)7-8-14(12)18/h7-8,10,15-16,19H,4-6,9,11H2,1-3H3. The van der Waals surface area contributed by atoms with Gasteiger partial charge in [-0.2, -0.15) is 0 Å². The molecule has 0 aromatic heterocycles. The van der Waals surface area contributed by atoms with Gasteiger partial charge in [0.05, 0.1) is 6.10 Å². The number of ether oxygens (including phenoxy) is 1. The first-order chi connectivity index (χ1) is 9.62. The molecule has 0 aliphatic heterocycles. The minimum absolute atomic E-state index is 0.116. The second-order valence-corrected chi connectivity index (χ2v) is 5.82. The Balaban J connectivity index is 2.84. The molecule has 0 saturated carbocycles. The molecule has 0 fully saturated rings. The van der Waals surface area contributed by atoms with Crippen molar-refractivity contribution < 1.29 is 9.13 Å². The Labute approximate surface area is 130 Å². The highest BCUT2D eigenvalue weighted by molar-refractivity contribution is 9.10. The van der Waals surface area contributed by atoms with Crippen molar-refractivity contribution >= 4 is 15.9 Å². The van der Waals surface area contributed by atoms with E-state index >= 15 is 0 Å². The Morgan fingerprint density at radius 1 is 1.30 bits per heavy atom. The summed E-state index contributed by atoms with van der Waals surface area (Å²) in [5, 5.41) is 3.49. The predicted molar refractivity (Wildman–Crippen MR) is 85.6 cm³/mol. The molecule has 0 spiro atoms. The van der Waals surface area contributed by atoms with Crippen molar-refractivity contribution in [2.75, 3.05) is 13.2 Å². The van der Waals surface area contributed by atoms with E-state index in [1.54, 1.807) is 6.07 Å². The first kappa shape index (κ1) is 17.6.